The Labute approximate surface area is 87.1 Å². The van der Waals surface area contributed by atoms with E-state index in [9.17, 15) is 4.79 Å². The largest absolute Gasteiger partial charge is 0.493 e. The minimum Gasteiger partial charge on any atom is -0.493 e. The number of carboxylic acid groups (broad SMARTS) is 1. The van der Waals surface area contributed by atoms with Crippen molar-refractivity contribution in [3.63, 3.8) is 0 Å². The number of aliphatic carboxylic acids is 1. The van der Waals surface area contributed by atoms with Gasteiger partial charge in [-0.25, -0.2) is 0 Å². The Balaban J connectivity index is 2.28. The fourth-order valence-electron chi connectivity index (χ4n) is 1.65. The summed E-state index contributed by atoms with van der Waals surface area (Å²) >= 11 is 4.21. The van der Waals surface area contributed by atoms with Crippen LogP contribution in [0.4, 0.5) is 0 Å². The highest BCUT2D eigenvalue weighted by Crippen LogP contribution is 2.36. The summed E-state index contributed by atoms with van der Waals surface area (Å²) in [4.78, 5) is 11.4. The van der Waals surface area contributed by atoms with Crippen molar-refractivity contribution in [2.75, 3.05) is 6.61 Å². The lowest BCUT2D eigenvalue weighted by Gasteiger charge is -2.04. The molecule has 1 aliphatic heterocycles. The SMILES string of the molecule is O=C(O)CC1COc2ccc(S)cc21. The molecule has 1 unspecified atom stereocenters. The summed E-state index contributed by atoms with van der Waals surface area (Å²) in [5.74, 6) is -0.0420. The van der Waals surface area contributed by atoms with Crippen molar-refractivity contribution in [2.45, 2.75) is 17.2 Å². The van der Waals surface area contributed by atoms with Crippen LogP contribution in [0.3, 0.4) is 0 Å². The van der Waals surface area contributed by atoms with Crippen LogP contribution in [-0.2, 0) is 4.79 Å². The molecule has 14 heavy (non-hydrogen) atoms. The topological polar surface area (TPSA) is 46.5 Å². The lowest BCUT2D eigenvalue weighted by molar-refractivity contribution is -0.137. The Bertz CT molecular complexity index is 376. The molecule has 0 bridgehead atoms. The summed E-state index contributed by atoms with van der Waals surface area (Å²) in [7, 11) is 0. The van der Waals surface area contributed by atoms with Crippen molar-refractivity contribution in [1.29, 1.82) is 0 Å². The molecule has 1 aliphatic rings. The first-order chi connectivity index (χ1) is 6.66. The number of thiol groups is 1. The van der Waals surface area contributed by atoms with Crippen LogP contribution in [0.5, 0.6) is 5.75 Å². The molecule has 4 heteroatoms. The summed E-state index contributed by atoms with van der Waals surface area (Å²) in [6, 6.07) is 5.55. The third-order valence-electron chi connectivity index (χ3n) is 2.29. The Morgan fingerprint density at radius 1 is 1.64 bits per heavy atom. The normalized spacial score (nSPS) is 18.8. The second kappa shape index (κ2) is 3.53. The fourth-order valence-corrected chi connectivity index (χ4v) is 1.86. The Morgan fingerprint density at radius 3 is 3.14 bits per heavy atom. The van der Waals surface area contributed by atoms with Crippen LogP contribution < -0.4 is 4.74 Å². The van der Waals surface area contributed by atoms with Crippen LogP contribution in [0.1, 0.15) is 17.9 Å². The standard InChI is InChI=1S/C10H10O3S/c11-10(12)3-6-5-13-9-2-1-7(14)4-8(6)9/h1-2,4,6,14H,3,5H2,(H,11,12). The van der Waals surface area contributed by atoms with Gasteiger partial charge in [0, 0.05) is 16.4 Å². The molecule has 0 saturated carbocycles. The number of carboxylic acids is 1. The number of hydrogen-bond donors (Lipinski definition) is 2. The maximum atomic E-state index is 10.6. The quantitative estimate of drug-likeness (QED) is 0.733. The average molecular weight is 210 g/mol. The van der Waals surface area contributed by atoms with Gasteiger partial charge in [-0.15, -0.1) is 12.6 Å². The highest BCUT2D eigenvalue weighted by atomic mass is 32.1. The van der Waals surface area contributed by atoms with Crippen LogP contribution in [-0.4, -0.2) is 17.7 Å². The van der Waals surface area contributed by atoms with E-state index in [-0.39, 0.29) is 12.3 Å². The zero-order valence-electron chi connectivity index (χ0n) is 7.43. The van der Waals surface area contributed by atoms with Crippen molar-refractivity contribution < 1.29 is 14.6 Å². The van der Waals surface area contributed by atoms with Gasteiger partial charge in [0.1, 0.15) is 5.75 Å². The molecule has 0 aliphatic carbocycles. The Morgan fingerprint density at radius 2 is 2.43 bits per heavy atom. The number of rotatable bonds is 2. The fraction of sp³-hybridized carbons (Fsp3) is 0.300. The first-order valence-electron chi connectivity index (χ1n) is 4.34. The van der Waals surface area contributed by atoms with Crippen molar-refractivity contribution in [3.05, 3.63) is 23.8 Å². The van der Waals surface area contributed by atoms with Gasteiger partial charge in [-0.05, 0) is 18.2 Å². The van der Waals surface area contributed by atoms with Crippen molar-refractivity contribution in [3.8, 4) is 5.75 Å². The van der Waals surface area contributed by atoms with E-state index >= 15 is 0 Å². The molecule has 0 aromatic heterocycles. The lowest BCUT2D eigenvalue weighted by Crippen LogP contribution is -2.07. The average Bonchev–Trinajstić information content (AvgIpc) is 2.47. The van der Waals surface area contributed by atoms with Gasteiger partial charge in [-0.2, -0.15) is 0 Å². The van der Waals surface area contributed by atoms with E-state index in [1.54, 1.807) is 0 Å². The second-order valence-electron chi connectivity index (χ2n) is 3.33. The Kier molecular flexibility index (Phi) is 2.37. The lowest BCUT2D eigenvalue weighted by atomic mass is 9.98. The van der Waals surface area contributed by atoms with E-state index in [4.69, 9.17) is 9.84 Å². The summed E-state index contributed by atoms with van der Waals surface area (Å²) in [6.45, 7) is 0.457. The van der Waals surface area contributed by atoms with Gasteiger partial charge in [0.2, 0.25) is 0 Å². The van der Waals surface area contributed by atoms with Crippen LogP contribution in [0.25, 0.3) is 0 Å². The van der Waals surface area contributed by atoms with Gasteiger partial charge in [-0.1, -0.05) is 0 Å². The van der Waals surface area contributed by atoms with Gasteiger partial charge < -0.3 is 9.84 Å². The highest BCUT2D eigenvalue weighted by molar-refractivity contribution is 7.80. The van der Waals surface area contributed by atoms with Crippen LogP contribution in [0, 0.1) is 0 Å². The number of ether oxygens (including phenoxy) is 1. The molecule has 1 aromatic rings. The molecular weight excluding hydrogens is 200 g/mol. The summed E-state index contributed by atoms with van der Waals surface area (Å²) < 4.78 is 5.37. The van der Waals surface area contributed by atoms with Gasteiger partial charge in [0.15, 0.2) is 0 Å². The van der Waals surface area contributed by atoms with Crippen molar-refractivity contribution >= 4 is 18.6 Å². The van der Waals surface area contributed by atoms with Gasteiger partial charge in [0.05, 0.1) is 13.0 Å². The Hall–Kier alpha value is -1.16. The van der Waals surface area contributed by atoms with Crippen LogP contribution >= 0.6 is 12.6 Å². The molecule has 3 nitrogen and oxygen atoms in total. The predicted molar refractivity (Wildman–Crippen MR) is 54.2 cm³/mol. The smallest absolute Gasteiger partial charge is 0.304 e. The summed E-state index contributed by atoms with van der Waals surface area (Å²) in [6.07, 6.45) is 0.115. The molecule has 1 N–H and O–H groups in total. The number of benzene rings is 1. The van der Waals surface area contributed by atoms with Crippen LogP contribution in [0.2, 0.25) is 0 Å². The van der Waals surface area contributed by atoms with Crippen molar-refractivity contribution in [1.82, 2.24) is 0 Å². The van der Waals surface area contributed by atoms with E-state index in [2.05, 4.69) is 12.6 Å². The molecular formula is C10H10O3S. The first kappa shape index (κ1) is 9.40. The molecule has 2 rings (SSSR count). The molecule has 0 fully saturated rings. The maximum absolute atomic E-state index is 10.6. The monoisotopic (exact) mass is 210 g/mol. The number of carbonyl (C=O) groups is 1. The minimum atomic E-state index is -0.795. The number of fused-ring (bicyclic) bond motifs is 1. The maximum Gasteiger partial charge on any atom is 0.304 e. The first-order valence-corrected chi connectivity index (χ1v) is 4.79. The molecule has 74 valence electrons. The van der Waals surface area contributed by atoms with Gasteiger partial charge in [0.25, 0.3) is 0 Å². The molecule has 1 heterocycles. The third kappa shape index (κ3) is 1.70. The summed E-state index contributed by atoms with van der Waals surface area (Å²) in [5.41, 5.74) is 0.958. The van der Waals surface area contributed by atoms with Gasteiger partial charge in [-0.3, -0.25) is 4.79 Å². The minimum absolute atomic E-state index is 0.0328. The molecule has 1 aromatic carbocycles. The zero-order valence-corrected chi connectivity index (χ0v) is 8.33. The zero-order chi connectivity index (χ0) is 10.1. The van der Waals surface area contributed by atoms with E-state index in [0.29, 0.717) is 6.61 Å². The number of hydrogen-bond acceptors (Lipinski definition) is 3. The predicted octanol–water partition coefficient (Wildman–Crippen LogP) is 1.93. The third-order valence-corrected chi connectivity index (χ3v) is 2.57. The van der Waals surface area contributed by atoms with Crippen LogP contribution in [0.15, 0.2) is 23.1 Å². The van der Waals surface area contributed by atoms with E-state index in [1.165, 1.54) is 0 Å². The summed E-state index contributed by atoms with van der Waals surface area (Å²) in [5, 5.41) is 8.69. The second-order valence-corrected chi connectivity index (χ2v) is 3.84. The molecule has 0 radical (unpaired) electrons. The molecule has 0 amide bonds. The molecule has 1 atom stereocenters. The van der Waals surface area contributed by atoms with Crippen molar-refractivity contribution in [2.24, 2.45) is 0 Å². The molecule has 0 spiro atoms. The highest BCUT2D eigenvalue weighted by Gasteiger charge is 2.26. The molecule has 0 saturated heterocycles. The van der Waals surface area contributed by atoms with Gasteiger partial charge >= 0.3 is 5.97 Å². The van der Waals surface area contributed by atoms with E-state index < -0.39 is 5.97 Å². The van der Waals surface area contributed by atoms with E-state index in [1.807, 2.05) is 18.2 Å². The van der Waals surface area contributed by atoms with E-state index in [0.717, 1.165) is 16.2 Å².